The van der Waals surface area contributed by atoms with Gasteiger partial charge in [-0.15, -0.1) is 0 Å². The Bertz CT molecular complexity index is 1120. The van der Waals surface area contributed by atoms with Crippen molar-refractivity contribution in [2.45, 2.75) is 18.7 Å². The van der Waals surface area contributed by atoms with E-state index in [-0.39, 0.29) is 0 Å². The topological polar surface area (TPSA) is 47.8 Å². The summed E-state index contributed by atoms with van der Waals surface area (Å²) in [5.41, 5.74) is 2.99. The molecule has 0 saturated heterocycles. The molecule has 0 N–H and O–H groups in total. The summed E-state index contributed by atoms with van der Waals surface area (Å²) in [6.45, 7) is 4.05. The number of benzene rings is 2. The second-order valence-electron chi connectivity index (χ2n) is 6.42. The quantitative estimate of drug-likeness (QED) is 0.423. The largest absolute Gasteiger partial charge is 0.307 e. The van der Waals surface area contributed by atoms with E-state index in [0.717, 1.165) is 26.8 Å². The molecule has 6 heteroatoms. The number of hydrogen-bond donors (Lipinski definition) is 0. The van der Waals surface area contributed by atoms with Crippen LogP contribution in [0.1, 0.15) is 12.5 Å². The molecule has 2 heterocycles. The van der Waals surface area contributed by atoms with E-state index in [1.807, 2.05) is 60.3 Å². The van der Waals surface area contributed by atoms with E-state index >= 15 is 0 Å². The first-order valence-corrected chi connectivity index (χ1v) is 12.1. The molecule has 27 heavy (non-hydrogen) atoms. The third-order valence-electron chi connectivity index (χ3n) is 4.48. The number of hydrogen-bond acceptors (Lipinski definition) is 4. The Balaban J connectivity index is 1.71. The summed E-state index contributed by atoms with van der Waals surface area (Å²) in [7, 11) is 0. The van der Waals surface area contributed by atoms with E-state index in [4.69, 9.17) is 0 Å². The van der Waals surface area contributed by atoms with Gasteiger partial charge in [-0.25, -0.2) is 4.68 Å². The van der Waals surface area contributed by atoms with Gasteiger partial charge in [0.25, 0.3) is 0 Å². The van der Waals surface area contributed by atoms with Crippen LogP contribution in [-0.4, -0.2) is 20.9 Å². The Morgan fingerprint density at radius 2 is 1.93 bits per heavy atom. The fourth-order valence-corrected chi connectivity index (χ4v) is 7.18. The monoisotopic (exact) mass is 393 g/mol. The maximum Gasteiger partial charge on any atom is 0.171 e. The van der Waals surface area contributed by atoms with Crippen molar-refractivity contribution in [3.8, 4) is 5.69 Å². The van der Waals surface area contributed by atoms with Crippen LogP contribution in [0.5, 0.6) is 0 Å². The van der Waals surface area contributed by atoms with Crippen molar-refractivity contribution in [2.24, 2.45) is 0 Å². The van der Waals surface area contributed by atoms with Gasteiger partial charge in [-0.3, -0.25) is 4.98 Å². The van der Waals surface area contributed by atoms with Gasteiger partial charge in [-0.1, -0.05) is 36.0 Å². The number of aryl methyl sites for hydroxylation is 1. The van der Waals surface area contributed by atoms with Crippen LogP contribution < -0.4 is 5.30 Å². The summed E-state index contributed by atoms with van der Waals surface area (Å²) in [6, 6.07) is 18.0. The highest BCUT2D eigenvalue weighted by Gasteiger charge is 2.25. The maximum absolute atomic E-state index is 13.7. The van der Waals surface area contributed by atoms with Gasteiger partial charge in [0.05, 0.1) is 17.4 Å². The molecule has 0 fully saturated rings. The molecule has 0 aliphatic heterocycles. The Labute approximate surface area is 162 Å². The van der Waals surface area contributed by atoms with Crippen LogP contribution in [0.15, 0.2) is 78.1 Å². The molecule has 1 atom stereocenters. The van der Waals surface area contributed by atoms with Crippen LogP contribution in [0.2, 0.25) is 0 Å². The first-order chi connectivity index (χ1) is 13.1. The van der Waals surface area contributed by atoms with Crippen molar-refractivity contribution in [3.63, 3.8) is 0 Å². The minimum absolute atomic E-state index is 0.605. The van der Waals surface area contributed by atoms with Crippen molar-refractivity contribution in [3.05, 3.63) is 78.8 Å². The molecule has 4 nitrogen and oxygen atoms in total. The Morgan fingerprint density at radius 1 is 1.11 bits per heavy atom. The van der Waals surface area contributed by atoms with Crippen LogP contribution in [0.4, 0.5) is 0 Å². The van der Waals surface area contributed by atoms with Gasteiger partial charge in [0, 0.05) is 34.1 Å². The Morgan fingerprint density at radius 3 is 2.63 bits per heavy atom. The van der Waals surface area contributed by atoms with E-state index in [0.29, 0.717) is 6.16 Å². The Kier molecular flexibility index (Phi) is 4.90. The summed E-state index contributed by atoms with van der Waals surface area (Å²) in [5.74, 6) is 0. The minimum atomic E-state index is -2.59. The first kappa shape index (κ1) is 18.0. The number of aromatic nitrogens is 3. The van der Waals surface area contributed by atoms with Crippen molar-refractivity contribution >= 4 is 33.9 Å². The molecule has 2 aromatic carbocycles. The summed E-state index contributed by atoms with van der Waals surface area (Å²) in [4.78, 5) is 5.18. The van der Waals surface area contributed by atoms with Gasteiger partial charge in [-0.05, 0) is 49.4 Å². The lowest BCUT2D eigenvalue weighted by atomic mass is 10.2. The van der Waals surface area contributed by atoms with Crippen LogP contribution in [0.25, 0.3) is 16.6 Å². The van der Waals surface area contributed by atoms with Gasteiger partial charge in [0.1, 0.15) is 0 Å². The highest BCUT2D eigenvalue weighted by Crippen LogP contribution is 2.60. The molecular formula is C21H20N3OPS. The van der Waals surface area contributed by atoms with Gasteiger partial charge in [0.2, 0.25) is 0 Å². The molecule has 0 radical (unpaired) electrons. The lowest BCUT2D eigenvalue weighted by Crippen LogP contribution is -2.03. The summed E-state index contributed by atoms with van der Waals surface area (Å²) >= 11 is 1.48. The number of pyridine rings is 1. The fraction of sp³-hybridized carbons (Fsp3) is 0.143. The standard InChI is InChI=1S/C21H20N3OPS/c1-3-26(25,27-20-9-6-16(2)7-10-20)19-8-11-21-17(13-19)15-24(23-21)18-5-4-12-22-14-18/h4-15H,3H2,1-2H3. The fourth-order valence-electron chi connectivity index (χ4n) is 2.92. The molecule has 4 rings (SSSR count). The van der Waals surface area contributed by atoms with Gasteiger partial charge >= 0.3 is 0 Å². The van der Waals surface area contributed by atoms with E-state index in [9.17, 15) is 4.57 Å². The molecule has 2 aromatic heterocycles. The van der Waals surface area contributed by atoms with E-state index in [1.165, 1.54) is 16.9 Å². The average molecular weight is 393 g/mol. The number of fused-ring (bicyclic) bond motifs is 1. The molecule has 136 valence electrons. The van der Waals surface area contributed by atoms with Crippen LogP contribution >= 0.6 is 17.7 Å². The Hall–Kier alpha value is -2.36. The molecule has 0 saturated carbocycles. The van der Waals surface area contributed by atoms with Crippen LogP contribution in [0.3, 0.4) is 0 Å². The zero-order valence-electron chi connectivity index (χ0n) is 15.2. The van der Waals surface area contributed by atoms with Crippen molar-refractivity contribution in [1.29, 1.82) is 0 Å². The van der Waals surface area contributed by atoms with Crippen molar-refractivity contribution in [1.82, 2.24) is 14.8 Å². The molecule has 1 unspecified atom stereocenters. The number of rotatable bonds is 5. The maximum atomic E-state index is 13.7. The second-order valence-corrected chi connectivity index (χ2v) is 11.9. The lowest BCUT2D eigenvalue weighted by Gasteiger charge is -2.16. The third kappa shape index (κ3) is 3.71. The third-order valence-corrected chi connectivity index (χ3v) is 10.1. The minimum Gasteiger partial charge on any atom is -0.307 e. The molecule has 0 amide bonds. The predicted octanol–water partition coefficient (Wildman–Crippen LogP) is 5.44. The predicted molar refractivity (Wildman–Crippen MR) is 114 cm³/mol. The van der Waals surface area contributed by atoms with E-state index in [2.05, 4.69) is 29.1 Å². The normalized spacial score (nSPS) is 13.6. The zero-order valence-corrected chi connectivity index (χ0v) is 17.0. The molecule has 4 aromatic rings. The zero-order chi connectivity index (χ0) is 18.9. The van der Waals surface area contributed by atoms with E-state index in [1.54, 1.807) is 12.4 Å². The van der Waals surface area contributed by atoms with Gasteiger partial charge in [0.15, 0.2) is 6.34 Å². The van der Waals surface area contributed by atoms with Crippen molar-refractivity contribution in [2.75, 3.05) is 6.16 Å². The number of nitrogens with zero attached hydrogens (tertiary/aromatic N) is 3. The molecule has 0 aliphatic rings. The lowest BCUT2D eigenvalue weighted by molar-refractivity contribution is 0.591. The molecule has 0 aliphatic carbocycles. The highest BCUT2D eigenvalue weighted by molar-refractivity contribution is 8.60. The van der Waals surface area contributed by atoms with E-state index < -0.39 is 6.34 Å². The van der Waals surface area contributed by atoms with Crippen LogP contribution in [-0.2, 0) is 4.57 Å². The smallest absolute Gasteiger partial charge is 0.171 e. The van der Waals surface area contributed by atoms with Crippen molar-refractivity contribution < 1.29 is 4.57 Å². The molecule has 0 spiro atoms. The average Bonchev–Trinajstić information content (AvgIpc) is 3.14. The second kappa shape index (κ2) is 7.34. The van der Waals surface area contributed by atoms with Gasteiger partial charge in [-0.2, -0.15) is 5.10 Å². The molecular weight excluding hydrogens is 373 g/mol. The first-order valence-electron chi connectivity index (χ1n) is 8.83. The summed E-state index contributed by atoms with van der Waals surface area (Å²) in [5, 5.41) is 6.47. The summed E-state index contributed by atoms with van der Waals surface area (Å²) < 4.78 is 15.5. The van der Waals surface area contributed by atoms with Gasteiger partial charge < -0.3 is 4.57 Å². The highest BCUT2D eigenvalue weighted by atomic mass is 32.7. The van der Waals surface area contributed by atoms with Crippen LogP contribution in [0, 0.1) is 6.92 Å². The summed E-state index contributed by atoms with van der Waals surface area (Å²) in [6.07, 6.45) is 3.50. The SMILES string of the molecule is CCP(=O)(Sc1ccc(C)cc1)c1ccc2nn(-c3cccnc3)cc2c1. The molecule has 0 bridgehead atoms.